The molecule has 0 fully saturated rings. The van der Waals surface area contributed by atoms with Crippen molar-refractivity contribution < 1.29 is 14.3 Å². The van der Waals surface area contributed by atoms with Crippen LogP contribution in [0, 0.1) is 6.92 Å². The topological polar surface area (TPSA) is 61.5 Å². The van der Waals surface area contributed by atoms with Gasteiger partial charge in [-0.05, 0) is 37.1 Å². The first-order valence-electron chi connectivity index (χ1n) is 6.28. The molecule has 2 N–H and O–H groups in total. The summed E-state index contributed by atoms with van der Waals surface area (Å²) in [7, 11) is 1.64. The van der Waals surface area contributed by atoms with Gasteiger partial charge in [0.1, 0.15) is 10.6 Å². The fourth-order valence-electron chi connectivity index (χ4n) is 1.88. The van der Waals surface area contributed by atoms with E-state index in [1.165, 1.54) is 11.3 Å². The van der Waals surface area contributed by atoms with Gasteiger partial charge in [0, 0.05) is 4.88 Å². The lowest BCUT2D eigenvalue weighted by atomic mass is 10.1. The highest BCUT2D eigenvalue weighted by Crippen LogP contribution is 2.35. The van der Waals surface area contributed by atoms with Gasteiger partial charge < -0.3 is 15.2 Å². The summed E-state index contributed by atoms with van der Waals surface area (Å²) in [4.78, 5) is 13.1. The average molecular weight is 291 g/mol. The van der Waals surface area contributed by atoms with Crippen LogP contribution in [0.1, 0.15) is 22.2 Å². The third-order valence-corrected chi connectivity index (χ3v) is 4.09. The normalized spacial score (nSPS) is 10.3. The molecule has 106 valence electrons. The third-order valence-electron chi connectivity index (χ3n) is 2.91. The van der Waals surface area contributed by atoms with Crippen LogP contribution in [-0.4, -0.2) is 19.7 Å². The first-order chi connectivity index (χ1) is 9.56. The molecule has 1 aromatic heterocycles. The molecule has 0 radical (unpaired) electrons. The molecule has 0 aliphatic rings. The predicted molar refractivity (Wildman–Crippen MR) is 81.4 cm³/mol. The van der Waals surface area contributed by atoms with Gasteiger partial charge in [-0.2, -0.15) is 0 Å². The number of hydrogen-bond donors (Lipinski definition) is 1. The van der Waals surface area contributed by atoms with E-state index in [1.54, 1.807) is 20.1 Å². The Kier molecular flexibility index (Phi) is 4.29. The fourth-order valence-corrected chi connectivity index (χ4v) is 2.85. The highest BCUT2D eigenvalue weighted by Gasteiger charge is 2.16. The molecule has 1 aromatic carbocycles. The highest BCUT2D eigenvalue weighted by atomic mass is 32.1. The number of esters is 1. The maximum atomic E-state index is 11.8. The highest BCUT2D eigenvalue weighted by molar-refractivity contribution is 7.18. The molecule has 0 unspecified atom stereocenters. The van der Waals surface area contributed by atoms with Crippen molar-refractivity contribution in [3.05, 3.63) is 34.7 Å². The van der Waals surface area contributed by atoms with Crippen LogP contribution in [0.25, 0.3) is 10.4 Å². The van der Waals surface area contributed by atoms with E-state index in [-0.39, 0.29) is 5.97 Å². The number of aryl methyl sites for hydroxylation is 1. The molecule has 20 heavy (non-hydrogen) atoms. The summed E-state index contributed by atoms with van der Waals surface area (Å²) >= 11 is 1.33. The Morgan fingerprint density at radius 2 is 2.10 bits per heavy atom. The van der Waals surface area contributed by atoms with E-state index < -0.39 is 0 Å². The molecule has 0 aliphatic heterocycles. The Labute approximate surface area is 122 Å². The first kappa shape index (κ1) is 14.4. The molecule has 4 nitrogen and oxygen atoms in total. The summed E-state index contributed by atoms with van der Waals surface area (Å²) in [6.07, 6.45) is 0. The molecule has 5 heteroatoms. The smallest absolute Gasteiger partial charge is 0.350 e. The molecule has 0 saturated heterocycles. The van der Waals surface area contributed by atoms with Crippen molar-refractivity contribution in [2.45, 2.75) is 13.8 Å². The number of methoxy groups -OCH3 is 1. The number of thiophene rings is 1. The second-order valence-corrected chi connectivity index (χ2v) is 5.35. The Morgan fingerprint density at radius 3 is 2.75 bits per heavy atom. The van der Waals surface area contributed by atoms with Gasteiger partial charge in [-0.15, -0.1) is 11.3 Å². The minimum absolute atomic E-state index is 0.337. The van der Waals surface area contributed by atoms with Gasteiger partial charge >= 0.3 is 5.97 Å². The van der Waals surface area contributed by atoms with Gasteiger partial charge in [-0.25, -0.2) is 4.79 Å². The van der Waals surface area contributed by atoms with Crippen LogP contribution >= 0.6 is 11.3 Å². The van der Waals surface area contributed by atoms with Crippen LogP contribution in [0.5, 0.6) is 5.75 Å². The lowest BCUT2D eigenvalue weighted by Gasteiger charge is -2.06. The molecule has 0 amide bonds. The maximum Gasteiger partial charge on any atom is 0.350 e. The van der Waals surface area contributed by atoms with Gasteiger partial charge in [-0.3, -0.25) is 0 Å². The Bertz CT molecular complexity index is 634. The minimum Gasteiger partial charge on any atom is -0.496 e. The van der Waals surface area contributed by atoms with E-state index in [1.807, 2.05) is 25.1 Å². The van der Waals surface area contributed by atoms with Crippen LogP contribution < -0.4 is 10.5 Å². The lowest BCUT2D eigenvalue weighted by Crippen LogP contribution is -2.04. The van der Waals surface area contributed by atoms with E-state index in [4.69, 9.17) is 15.2 Å². The molecule has 0 atom stereocenters. The third kappa shape index (κ3) is 2.77. The van der Waals surface area contributed by atoms with Gasteiger partial charge in [0.25, 0.3) is 0 Å². The standard InChI is InChI=1S/C15H17NO3S/c1-4-19-15(17)14-11(16)8-13(20-14)10-6-5-9(2)12(7-10)18-3/h5-8H,4,16H2,1-3H3. The Morgan fingerprint density at radius 1 is 1.35 bits per heavy atom. The van der Waals surface area contributed by atoms with Crippen molar-refractivity contribution in [1.29, 1.82) is 0 Å². The van der Waals surface area contributed by atoms with E-state index >= 15 is 0 Å². The van der Waals surface area contributed by atoms with Crippen molar-refractivity contribution in [1.82, 2.24) is 0 Å². The molecule has 0 saturated carbocycles. The summed E-state index contributed by atoms with van der Waals surface area (Å²) in [5.41, 5.74) is 8.37. The SMILES string of the molecule is CCOC(=O)c1sc(-c2ccc(C)c(OC)c2)cc1N. The first-order valence-corrected chi connectivity index (χ1v) is 7.10. The second kappa shape index (κ2) is 5.96. The summed E-state index contributed by atoms with van der Waals surface area (Å²) in [6.45, 7) is 4.09. The van der Waals surface area contributed by atoms with Gasteiger partial charge in [0.15, 0.2) is 0 Å². The summed E-state index contributed by atoms with van der Waals surface area (Å²) in [6, 6.07) is 7.70. The minimum atomic E-state index is -0.375. The molecule has 2 rings (SSSR count). The average Bonchev–Trinajstić information content (AvgIpc) is 2.82. The number of benzene rings is 1. The van der Waals surface area contributed by atoms with Crippen LogP contribution in [-0.2, 0) is 4.74 Å². The zero-order chi connectivity index (χ0) is 14.7. The molecule has 0 aliphatic carbocycles. The van der Waals surface area contributed by atoms with Crippen molar-refractivity contribution in [3.8, 4) is 16.2 Å². The molecule has 0 bridgehead atoms. The number of anilines is 1. The van der Waals surface area contributed by atoms with Crippen molar-refractivity contribution in [2.24, 2.45) is 0 Å². The van der Waals surface area contributed by atoms with Gasteiger partial charge in [0.05, 0.1) is 19.4 Å². The lowest BCUT2D eigenvalue weighted by molar-refractivity contribution is 0.0533. The van der Waals surface area contributed by atoms with Crippen molar-refractivity contribution in [3.63, 3.8) is 0 Å². The fraction of sp³-hybridized carbons (Fsp3) is 0.267. The van der Waals surface area contributed by atoms with E-state index in [2.05, 4.69) is 0 Å². The Hall–Kier alpha value is -2.01. The molecule has 2 aromatic rings. The zero-order valence-corrected chi connectivity index (χ0v) is 12.5. The summed E-state index contributed by atoms with van der Waals surface area (Å²) < 4.78 is 10.3. The van der Waals surface area contributed by atoms with Crippen LogP contribution in [0.15, 0.2) is 24.3 Å². The number of carbonyl (C=O) groups is 1. The summed E-state index contributed by atoms with van der Waals surface area (Å²) in [5.74, 6) is 0.437. The van der Waals surface area contributed by atoms with Crippen molar-refractivity contribution in [2.75, 3.05) is 19.5 Å². The van der Waals surface area contributed by atoms with Crippen LogP contribution in [0.3, 0.4) is 0 Å². The predicted octanol–water partition coefficient (Wildman–Crippen LogP) is 3.49. The van der Waals surface area contributed by atoms with Crippen LogP contribution in [0.4, 0.5) is 5.69 Å². The van der Waals surface area contributed by atoms with Crippen LogP contribution in [0.2, 0.25) is 0 Å². The molecule has 1 heterocycles. The second-order valence-electron chi connectivity index (χ2n) is 4.30. The zero-order valence-electron chi connectivity index (χ0n) is 11.7. The number of nitrogen functional groups attached to an aromatic ring is 1. The van der Waals surface area contributed by atoms with Gasteiger partial charge in [0.2, 0.25) is 0 Å². The monoisotopic (exact) mass is 291 g/mol. The number of rotatable bonds is 4. The van der Waals surface area contributed by atoms with E-state index in [0.29, 0.717) is 17.2 Å². The van der Waals surface area contributed by atoms with Crippen molar-refractivity contribution >= 4 is 23.0 Å². The number of ether oxygens (including phenoxy) is 2. The quantitative estimate of drug-likeness (QED) is 0.876. The summed E-state index contributed by atoms with van der Waals surface area (Å²) in [5, 5.41) is 0. The largest absolute Gasteiger partial charge is 0.496 e. The molecule has 0 spiro atoms. The number of hydrogen-bond acceptors (Lipinski definition) is 5. The molecular formula is C15H17NO3S. The number of carbonyl (C=O) groups excluding carboxylic acids is 1. The number of nitrogens with two attached hydrogens (primary N) is 1. The Balaban J connectivity index is 2.39. The van der Waals surface area contributed by atoms with E-state index in [0.717, 1.165) is 21.8 Å². The maximum absolute atomic E-state index is 11.8. The van der Waals surface area contributed by atoms with Gasteiger partial charge in [-0.1, -0.05) is 12.1 Å². The van der Waals surface area contributed by atoms with E-state index in [9.17, 15) is 4.79 Å². The molecular weight excluding hydrogens is 274 g/mol.